The van der Waals surface area contributed by atoms with Crippen molar-refractivity contribution >= 4 is 66.8 Å². The summed E-state index contributed by atoms with van der Waals surface area (Å²) in [5.41, 5.74) is -2.23. The van der Waals surface area contributed by atoms with Crippen LogP contribution in [0.2, 0.25) is 10.0 Å². The highest BCUT2D eigenvalue weighted by Gasteiger charge is 2.48. The van der Waals surface area contributed by atoms with Gasteiger partial charge in [-0.3, -0.25) is 4.18 Å². The minimum atomic E-state index is -5.75. The third-order valence-corrected chi connectivity index (χ3v) is 14.3. The van der Waals surface area contributed by atoms with Crippen molar-refractivity contribution in [2.45, 2.75) is 89.6 Å². The molecular formula is C53H54Cl2F6N14O8S. The number of hydrogen-bond acceptors (Lipinski definition) is 18. The summed E-state index contributed by atoms with van der Waals surface area (Å²) in [6.45, 7) is 6.10. The Bertz CT molecular complexity index is 3880. The van der Waals surface area contributed by atoms with Crippen LogP contribution in [0.3, 0.4) is 0 Å². The van der Waals surface area contributed by atoms with Crippen LogP contribution in [0.25, 0.3) is 22.1 Å². The molecule has 3 fully saturated rings. The van der Waals surface area contributed by atoms with Crippen LogP contribution in [0.5, 0.6) is 0 Å². The fourth-order valence-corrected chi connectivity index (χ4v) is 10.0. The third-order valence-electron chi connectivity index (χ3n) is 12.7. The number of nitriles is 4. The SMILES string of the molecule is C.C[C@@H]1CCC[C@H](CO)O1.C[C@@H]1CN(c2ccc(C#N)n3ncc(F)c23)C[C@H](CO)O1.C[C@@H]1CN(c2ccc(C#N)n3ncc(F)c23)C[C@H](COS(=O)(=O)C(F)(F)F)O1.N#Cc1ccc(Cl)c2c(F)cnn12.N#Cc1ccc(Cl)c2ccnn12. The number of hydrogen-bond donors (Lipinski definition) is 2. The minimum Gasteiger partial charge on any atom is -0.394 e. The van der Waals surface area contributed by atoms with E-state index in [0.717, 1.165) is 41.5 Å². The Morgan fingerprint density at radius 1 is 0.595 bits per heavy atom. The first-order valence-electron chi connectivity index (χ1n) is 25.1. The Labute approximate surface area is 487 Å². The molecule has 3 saturated heterocycles. The Kier molecular flexibility index (Phi) is 22.3. The molecule has 2 N–H and O–H groups in total. The van der Waals surface area contributed by atoms with Crippen molar-refractivity contribution in [1.29, 1.82) is 21.0 Å². The van der Waals surface area contributed by atoms with Crippen molar-refractivity contribution in [2.75, 3.05) is 55.8 Å². The van der Waals surface area contributed by atoms with Gasteiger partial charge in [0.1, 0.15) is 69.7 Å². The number of rotatable bonds is 7. The number of alkyl halides is 3. The van der Waals surface area contributed by atoms with E-state index in [1.54, 1.807) is 48.4 Å². The summed E-state index contributed by atoms with van der Waals surface area (Å²) in [5, 5.41) is 69.7. The van der Waals surface area contributed by atoms with Gasteiger partial charge in [0.25, 0.3) is 0 Å². The second kappa shape index (κ2) is 28.6. The number of aliphatic hydroxyl groups excluding tert-OH is 2. The van der Waals surface area contributed by atoms with Gasteiger partial charge in [0.2, 0.25) is 0 Å². The number of fused-ring (bicyclic) bond motifs is 4. The van der Waals surface area contributed by atoms with Crippen LogP contribution < -0.4 is 9.80 Å². The molecule has 3 aliphatic heterocycles. The molecule has 11 heterocycles. The van der Waals surface area contributed by atoms with Gasteiger partial charge in [-0.25, -0.2) is 31.2 Å². The van der Waals surface area contributed by atoms with Crippen molar-refractivity contribution < 1.29 is 63.4 Å². The predicted octanol–water partition coefficient (Wildman–Crippen LogP) is 8.17. The van der Waals surface area contributed by atoms with Crippen LogP contribution in [0.15, 0.2) is 79.4 Å². The maximum atomic E-state index is 14.2. The summed E-state index contributed by atoms with van der Waals surface area (Å²) in [4.78, 5) is 3.57. The second-order valence-electron chi connectivity index (χ2n) is 18.7. The van der Waals surface area contributed by atoms with E-state index in [0.29, 0.717) is 41.3 Å². The number of aromatic nitrogens is 8. The smallest absolute Gasteiger partial charge is 0.394 e. The highest BCUT2D eigenvalue weighted by Crippen LogP contribution is 2.32. The van der Waals surface area contributed by atoms with E-state index in [1.807, 2.05) is 36.1 Å². The summed E-state index contributed by atoms with van der Waals surface area (Å²) in [6, 6.07) is 22.1. The van der Waals surface area contributed by atoms with E-state index in [9.17, 15) is 39.9 Å². The van der Waals surface area contributed by atoms with E-state index in [-0.39, 0.29) is 90.7 Å². The summed E-state index contributed by atoms with van der Waals surface area (Å²) in [6.07, 6.45) is 6.65. The Morgan fingerprint density at radius 2 is 1.02 bits per heavy atom. The molecular weight excluding hydrogens is 1180 g/mol. The average molecular weight is 1230 g/mol. The first-order valence-corrected chi connectivity index (χ1v) is 27.2. The molecule has 0 bridgehead atoms. The standard InChI is InChI=1S/C15H14F4N4O4S.C14H15FN4O2.C8H3ClFN3.C8H4ClN3.C7H14O2.CH4/c1-9-6-22(7-11(27-9)8-26-28(24,25)15(17,18)19)13-3-2-10(4-20)23-14(13)12(16)5-21-23;1-9-6-18(7-11(8-20)21-9)13-3-2-10(4-16)19-14(13)12(15)5-17-19;9-6-2-1-5(3-11)13-8(6)7(10)4-12-13;9-7-2-1-6(5-10)12-8(7)3-4-11-12;1-6-3-2-4-7(5-8)9-6;/h2-3,5,9,11H,6-8H2,1H3;2-3,5,9,11,20H,6-8H2,1H3;1-2,4H;1-4H;6-8H,2-5H2,1H3;1H4/t2*9-,11-;;;6-,7-;/m11..1./s1. The van der Waals surface area contributed by atoms with Gasteiger partial charge in [-0.05, 0) is 94.6 Å². The van der Waals surface area contributed by atoms with Crippen LogP contribution in [0.1, 0.15) is 70.2 Å². The number of aliphatic hydroxyl groups is 2. The van der Waals surface area contributed by atoms with Crippen molar-refractivity contribution in [2.24, 2.45) is 0 Å². The van der Waals surface area contributed by atoms with E-state index in [4.69, 9.17) is 63.6 Å². The molecule has 31 heteroatoms. The Morgan fingerprint density at radius 3 is 1.49 bits per heavy atom. The van der Waals surface area contributed by atoms with Crippen molar-refractivity contribution in [1.82, 2.24) is 38.5 Å². The molecule has 0 unspecified atom stereocenters. The lowest BCUT2D eigenvalue weighted by atomic mass is 10.1. The average Bonchev–Trinajstić information content (AvgIpc) is 2.45. The molecule has 446 valence electrons. The molecule has 0 amide bonds. The number of morpholine rings is 2. The fraction of sp³-hybridized carbons (Fsp3) is 0.396. The summed E-state index contributed by atoms with van der Waals surface area (Å²) >= 11 is 11.6. The minimum absolute atomic E-state index is 0. The van der Waals surface area contributed by atoms with Gasteiger partial charge in [0.15, 0.2) is 17.5 Å². The highest BCUT2D eigenvalue weighted by molar-refractivity contribution is 7.87. The number of pyridine rings is 4. The first-order chi connectivity index (χ1) is 39.6. The normalized spacial score (nSPS) is 19.6. The molecule has 3 aliphatic rings. The largest absolute Gasteiger partial charge is 0.523 e. The highest BCUT2D eigenvalue weighted by atomic mass is 35.5. The molecule has 8 aromatic rings. The molecule has 0 spiro atoms. The number of nitrogens with zero attached hydrogens (tertiary/aromatic N) is 14. The summed E-state index contributed by atoms with van der Waals surface area (Å²) < 4.78 is 126. The summed E-state index contributed by atoms with van der Waals surface area (Å²) in [7, 11) is -5.75. The van der Waals surface area contributed by atoms with Gasteiger partial charge in [-0.2, -0.15) is 63.0 Å². The lowest BCUT2D eigenvalue weighted by Gasteiger charge is -2.38. The molecule has 11 rings (SSSR count). The molecule has 0 saturated carbocycles. The molecule has 8 aromatic heterocycles. The van der Waals surface area contributed by atoms with E-state index in [2.05, 4.69) is 31.5 Å². The van der Waals surface area contributed by atoms with Gasteiger partial charge in [-0.15, -0.1) is 0 Å². The second-order valence-corrected chi connectivity index (χ2v) is 21.1. The van der Waals surface area contributed by atoms with Gasteiger partial charge in [0, 0.05) is 26.2 Å². The molecule has 0 aliphatic carbocycles. The zero-order valence-corrected chi connectivity index (χ0v) is 46.4. The lowest BCUT2D eigenvalue weighted by molar-refractivity contribution is -0.0657. The Balaban J connectivity index is 0.000000178. The zero-order chi connectivity index (χ0) is 60.3. The number of halogens is 8. The maximum Gasteiger partial charge on any atom is 0.523 e. The van der Waals surface area contributed by atoms with Crippen LogP contribution in [-0.2, 0) is 28.5 Å². The topological polar surface area (TPSA) is 282 Å². The molecule has 0 radical (unpaired) electrons. The van der Waals surface area contributed by atoms with Crippen LogP contribution in [-0.4, -0.2) is 145 Å². The molecule has 0 aromatic carbocycles. The molecule has 84 heavy (non-hydrogen) atoms. The van der Waals surface area contributed by atoms with Crippen LogP contribution >= 0.6 is 23.2 Å². The molecule has 6 atom stereocenters. The van der Waals surface area contributed by atoms with Crippen molar-refractivity contribution in [3.05, 3.63) is 130 Å². The lowest BCUT2D eigenvalue weighted by Crippen LogP contribution is -2.49. The molecule has 22 nitrogen and oxygen atoms in total. The number of anilines is 2. The van der Waals surface area contributed by atoms with E-state index >= 15 is 0 Å². The number of ether oxygens (including phenoxy) is 3. The predicted molar refractivity (Wildman–Crippen MR) is 293 cm³/mol. The van der Waals surface area contributed by atoms with Gasteiger partial charge in [0.05, 0.1) is 102 Å². The van der Waals surface area contributed by atoms with Crippen molar-refractivity contribution in [3.63, 3.8) is 0 Å². The zero-order valence-electron chi connectivity index (χ0n) is 44.1. The van der Waals surface area contributed by atoms with Gasteiger partial charge in [-0.1, -0.05) is 30.6 Å². The Hall–Kier alpha value is -7.81. The summed E-state index contributed by atoms with van der Waals surface area (Å²) in [5.74, 6) is -1.68. The third kappa shape index (κ3) is 15.1. The maximum absolute atomic E-state index is 14.2. The van der Waals surface area contributed by atoms with E-state index in [1.165, 1.54) is 44.2 Å². The van der Waals surface area contributed by atoms with Crippen LogP contribution in [0, 0.1) is 62.8 Å². The van der Waals surface area contributed by atoms with Crippen LogP contribution in [0.4, 0.5) is 37.7 Å². The fourth-order valence-electron chi connectivity index (χ4n) is 9.10. The van der Waals surface area contributed by atoms with E-state index < -0.39 is 51.9 Å². The van der Waals surface area contributed by atoms with Gasteiger partial charge < -0.3 is 34.2 Å². The van der Waals surface area contributed by atoms with Gasteiger partial charge >= 0.3 is 15.6 Å². The van der Waals surface area contributed by atoms with Crippen molar-refractivity contribution in [3.8, 4) is 24.3 Å². The quantitative estimate of drug-likeness (QED) is 0.0864. The monoisotopic (exact) mass is 1230 g/mol. The first kappa shape index (κ1) is 65.3.